The number of hydrogen-bond donors (Lipinski definition) is 1. The summed E-state index contributed by atoms with van der Waals surface area (Å²) in [5.41, 5.74) is -0.0811. The van der Waals surface area contributed by atoms with E-state index in [0.29, 0.717) is 0 Å². The quantitative estimate of drug-likeness (QED) is 0.685. The second kappa shape index (κ2) is 4.69. The van der Waals surface area contributed by atoms with Gasteiger partial charge in [-0.15, -0.1) is 0 Å². The standard InChI is InChI=1S/C11H7ClN2O5/c1-5-9(11(15)16)19-10(13-5)7-3-2-6(12)4-8(7)14(17)18/h2-4H,1H3,(H,15,16). The minimum Gasteiger partial charge on any atom is -0.475 e. The molecule has 7 nitrogen and oxygen atoms in total. The van der Waals surface area contributed by atoms with Gasteiger partial charge in [0.25, 0.3) is 5.69 Å². The SMILES string of the molecule is Cc1nc(-c2ccc(Cl)cc2[N+](=O)[O-])oc1C(=O)O. The van der Waals surface area contributed by atoms with Crippen LogP contribution in [0.4, 0.5) is 5.69 Å². The van der Waals surface area contributed by atoms with E-state index in [9.17, 15) is 14.9 Å². The Bertz CT molecular complexity index is 680. The molecule has 0 amide bonds. The van der Waals surface area contributed by atoms with Crippen molar-refractivity contribution in [3.8, 4) is 11.5 Å². The predicted octanol–water partition coefficient (Wildman–Crippen LogP) is 2.91. The minimum atomic E-state index is -1.28. The average Bonchev–Trinajstić information content (AvgIpc) is 2.71. The lowest BCUT2D eigenvalue weighted by molar-refractivity contribution is -0.384. The number of benzene rings is 1. The van der Waals surface area contributed by atoms with Crippen molar-refractivity contribution in [1.29, 1.82) is 0 Å². The summed E-state index contributed by atoms with van der Waals surface area (Å²) in [6.45, 7) is 1.44. The highest BCUT2D eigenvalue weighted by Crippen LogP contribution is 2.32. The van der Waals surface area contributed by atoms with Crippen LogP contribution in [0.2, 0.25) is 5.02 Å². The summed E-state index contributed by atoms with van der Waals surface area (Å²) < 4.78 is 5.03. The molecule has 0 atom stereocenters. The van der Waals surface area contributed by atoms with Crippen LogP contribution in [0.5, 0.6) is 0 Å². The van der Waals surface area contributed by atoms with Crippen LogP contribution in [0.3, 0.4) is 0 Å². The van der Waals surface area contributed by atoms with Gasteiger partial charge in [-0.1, -0.05) is 11.6 Å². The van der Waals surface area contributed by atoms with Crippen molar-refractivity contribution in [3.05, 3.63) is 44.8 Å². The number of halogens is 1. The lowest BCUT2D eigenvalue weighted by Crippen LogP contribution is -1.95. The minimum absolute atomic E-state index is 0.0741. The number of carbonyl (C=O) groups is 1. The number of aromatic carboxylic acids is 1. The van der Waals surface area contributed by atoms with Crippen LogP contribution < -0.4 is 0 Å². The number of aryl methyl sites for hydroxylation is 1. The lowest BCUT2D eigenvalue weighted by Gasteiger charge is -1.98. The van der Waals surface area contributed by atoms with Crippen molar-refractivity contribution in [1.82, 2.24) is 4.98 Å². The third-order valence-corrected chi connectivity index (χ3v) is 2.61. The van der Waals surface area contributed by atoms with Crippen molar-refractivity contribution in [3.63, 3.8) is 0 Å². The average molecular weight is 283 g/mol. The van der Waals surface area contributed by atoms with Crippen LogP contribution in [-0.2, 0) is 0 Å². The molecule has 0 saturated heterocycles. The molecule has 8 heteroatoms. The van der Waals surface area contributed by atoms with Gasteiger partial charge in [0.15, 0.2) is 0 Å². The topological polar surface area (TPSA) is 106 Å². The molecular formula is C11H7ClN2O5. The number of hydrogen-bond acceptors (Lipinski definition) is 5. The van der Waals surface area contributed by atoms with E-state index >= 15 is 0 Å². The summed E-state index contributed by atoms with van der Waals surface area (Å²) in [4.78, 5) is 25.0. The Morgan fingerprint density at radius 3 is 2.74 bits per heavy atom. The Kier molecular flexibility index (Phi) is 3.22. The molecule has 98 valence electrons. The van der Waals surface area contributed by atoms with Crippen LogP contribution in [0.1, 0.15) is 16.2 Å². The third kappa shape index (κ3) is 2.41. The van der Waals surface area contributed by atoms with E-state index in [4.69, 9.17) is 21.1 Å². The first-order valence-corrected chi connectivity index (χ1v) is 5.43. The summed E-state index contributed by atoms with van der Waals surface area (Å²) in [5.74, 6) is -1.76. The number of aromatic nitrogens is 1. The predicted molar refractivity (Wildman–Crippen MR) is 65.3 cm³/mol. The van der Waals surface area contributed by atoms with Gasteiger partial charge in [0.2, 0.25) is 11.7 Å². The number of carboxylic acid groups (broad SMARTS) is 1. The first-order valence-electron chi connectivity index (χ1n) is 5.05. The second-order valence-corrected chi connectivity index (χ2v) is 4.09. The molecule has 0 radical (unpaired) electrons. The Hall–Kier alpha value is -2.41. The Morgan fingerprint density at radius 2 is 2.21 bits per heavy atom. The molecule has 0 saturated carbocycles. The summed E-state index contributed by atoms with van der Waals surface area (Å²) in [7, 11) is 0. The van der Waals surface area contributed by atoms with Gasteiger partial charge in [-0.2, -0.15) is 0 Å². The van der Waals surface area contributed by atoms with E-state index < -0.39 is 10.9 Å². The van der Waals surface area contributed by atoms with Gasteiger partial charge in [-0.25, -0.2) is 9.78 Å². The molecule has 0 bridgehead atoms. The number of nitro groups is 1. The van der Waals surface area contributed by atoms with Crippen LogP contribution in [-0.4, -0.2) is 21.0 Å². The molecule has 0 aliphatic carbocycles. The van der Waals surface area contributed by atoms with Gasteiger partial charge in [0, 0.05) is 11.1 Å². The maximum Gasteiger partial charge on any atom is 0.373 e. The van der Waals surface area contributed by atoms with Crippen molar-refractivity contribution < 1.29 is 19.2 Å². The molecule has 19 heavy (non-hydrogen) atoms. The third-order valence-electron chi connectivity index (χ3n) is 2.38. The highest BCUT2D eigenvalue weighted by Gasteiger charge is 2.23. The van der Waals surface area contributed by atoms with E-state index in [2.05, 4.69) is 4.98 Å². The van der Waals surface area contributed by atoms with Gasteiger partial charge in [-0.05, 0) is 19.1 Å². The monoisotopic (exact) mass is 282 g/mol. The van der Waals surface area contributed by atoms with Gasteiger partial charge in [-0.3, -0.25) is 10.1 Å². The second-order valence-electron chi connectivity index (χ2n) is 3.66. The van der Waals surface area contributed by atoms with E-state index in [0.717, 1.165) is 6.07 Å². The molecule has 0 aliphatic rings. The molecule has 2 rings (SSSR count). The normalized spacial score (nSPS) is 10.4. The van der Waals surface area contributed by atoms with Crippen LogP contribution in [0.15, 0.2) is 22.6 Å². The van der Waals surface area contributed by atoms with E-state index in [1.54, 1.807) is 0 Å². The van der Waals surface area contributed by atoms with Crippen molar-refractivity contribution in [2.75, 3.05) is 0 Å². The molecule has 1 aromatic heterocycles. The molecule has 0 fully saturated rings. The van der Waals surface area contributed by atoms with E-state index in [-0.39, 0.29) is 33.6 Å². The van der Waals surface area contributed by atoms with E-state index in [1.165, 1.54) is 19.1 Å². The molecule has 2 aromatic rings. The van der Waals surface area contributed by atoms with Gasteiger partial charge in [0.1, 0.15) is 5.56 Å². The van der Waals surface area contributed by atoms with Crippen LogP contribution >= 0.6 is 11.6 Å². The Balaban J connectivity index is 2.62. The number of nitrogens with zero attached hydrogens (tertiary/aromatic N) is 2. The summed E-state index contributed by atoms with van der Waals surface area (Å²) >= 11 is 5.69. The fourth-order valence-corrected chi connectivity index (χ4v) is 1.71. The molecule has 0 spiro atoms. The number of nitro benzene ring substituents is 1. The summed E-state index contributed by atoms with van der Waals surface area (Å²) in [5, 5.41) is 20.0. The van der Waals surface area contributed by atoms with E-state index in [1.807, 2.05) is 0 Å². The highest BCUT2D eigenvalue weighted by molar-refractivity contribution is 6.30. The maximum atomic E-state index is 10.9. The van der Waals surface area contributed by atoms with Crippen molar-refractivity contribution in [2.45, 2.75) is 6.92 Å². The number of carboxylic acids is 1. The van der Waals surface area contributed by atoms with Crippen molar-refractivity contribution in [2.24, 2.45) is 0 Å². The Morgan fingerprint density at radius 1 is 1.53 bits per heavy atom. The molecule has 1 aromatic carbocycles. The zero-order valence-electron chi connectivity index (χ0n) is 9.58. The van der Waals surface area contributed by atoms with Gasteiger partial charge >= 0.3 is 5.97 Å². The van der Waals surface area contributed by atoms with Crippen molar-refractivity contribution >= 4 is 23.3 Å². The number of rotatable bonds is 3. The first-order chi connectivity index (χ1) is 8.90. The molecular weight excluding hydrogens is 276 g/mol. The summed E-state index contributed by atoms with van der Waals surface area (Å²) in [6, 6.07) is 3.94. The zero-order valence-corrected chi connectivity index (χ0v) is 10.3. The highest BCUT2D eigenvalue weighted by atomic mass is 35.5. The van der Waals surface area contributed by atoms with Gasteiger partial charge < -0.3 is 9.52 Å². The molecule has 1 heterocycles. The summed E-state index contributed by atoms with van der Waals surface area (Å²) in [6.07, 6.45) is 0. The molecule has 0 aliphatic heterocycles. The van der Waals surface area contributed by atoms with Crippen LogP contribution in [0.25, 0.3) is 11.5 Å². The lowest BCUT2D eigenvalue weighted by atomic mass is 10.2. The number of oxazole rings is 1. The Labute approximate surface area is 111 Å². The molecule has 1 N–H and O–H groups in total. The smallest absolute Gasteiger partial charge is 0.373 e. The maximum absolute atomic E-state index is 10.9. The zero-order chi connectivity index (χ0) is 14.2. The first kappa shape index (κ1) is 13.0. The fourth-order valence-electron chi connectivity index (χ4n) is 1.55. The molecule has 0 unspecified atom stereocenters. The largest absolute Gasteiger partial charge is 0.475 e. The van der Waals surface area contributed by atoms with Gasteiger partial charge in [0.05, 0.1) is 10.6 Å². The fraction of sp³-hybridized carbons (Fsp3) is 0.0909. The van der Waals surface area contributed by atoms with Crippen LogP contribution in [0, 0.1) is 17.0 Å².